The standard InChI is InChI=1S/C19H24FN5O2S/c1-3-10-24-17(12-27-16-8-4-14(20)5-9-16)22-25(19(24)28)13-23(2)11-18(26)21-15-6-7-15/h3-5,8-9,15H,1,6-7,10-13H2,2H3,(H,21,26)/p+1. The van der Waals surface area contributed by atoms with Gasteiger partial charge in [0.25, 0.3) is 5.91 Å². The van der Waals surface area contributed by atoms with Gasteiger partial charge in [-0.1, -0.05) is 6.08 Å². The van der Waals surface area contributed by atoms with Crippen molar-refractivity contribution < 1.29 is 18.8 Å². The Balaban J connectivity index is 1.66. The third-order valence-corrected chi connectivity index (χ3v) is 4.75. The van der Waals surface area contributed by atoms with E-state index in [0.29, 0.717) is 42.1 Å². The summed E-state index contributed by atoms with van der Waals surface area (Å²) in [6.07, 6.45) is 3.88. The number of carbonyl (C=O) groups excluding carboxylic acids is 1. The van der Waals surface area contributed by atoms with Gasteiger partial charge in [0.1, 0.15) is 18.2 Å². The van der Waals surface area contributed by atoms with E-state index in [2.05, 4.69) is 17.0 Å². The smallest absolute Gasteiger partial charge is 0.275 e. The van der Waals surface area contributed by atoms with Crippen molar-refractivity contribution in [1.82, 2.24) is 19.7 Å². The SMILES string of the molecule is C=CCn1c(COc2ccc(F)cc2)nn(C[NH+](C)CC(=O)NC2CC2)c1=S. The Morgan fingerprint density at radius 2 is 2.18 bits per heavy atom. The van der Waals surface area contributed by atoms with Gasteiger partial charge >= 0.3 is 0 Å². The van der Waals surface area contributed by atoms with Crippen molar-refractivity contribution in [2.24, 2.45) is 0 Å². The second-order valence-corrected chi connectivity index (χ2v) is 7.34. The van der Waals surface area contributed by atoms with Gasteiger partial charge in [-0.2, -0.15) is 4.68 Å². The molecule has 1 amide bonds. The quantitative estimate of drug-likeness (QED) is 0.458. The highest BCUT2D eigenvalue weighted by Crippen LogP contribution is 2.18. The zero-order chi connectivity index (χ0) is 20.1. The molecule has 1 atom stereocenters. The molecule has 0 spiro atoms. The Labute approximate surface area is 168 Å². The number of ether oxygens (including phenoxy) is 1. The lowest BCUT2D eigenvalue weighted by atomic mass is 10.3. The first kappa shape index (κ1) is 20.2. The van der Waals surface area contributed by atoms with Crippen LogP contribution >= 0.6 is 12.2 Å². The van der Waals surface area contributed by atoms with E-state index in [4.69, 9.17) is 17.0 Å². The molecule has 28 heavy (non-hydrogen) atoms. The molecule has 1 unspecified atom stereocenters. The van der Waals surface area contributed by atoms with Crippen LogP contribution in [0.2, 0.25) is 0 Å². The van der Waals surface area contributed by atoms with Gasteiger partial charge in [0.15, 0.2) is 19.0 Å². The Bertz CT molecular complexity index is 889. The number of carbonyl (C=O) groups is 1. The van der Waals surface area contributed by atoms with Crippen molar-refractivity contribution in [1.29, 1.82) is 0 Å². The van der Waals surface area contributed by atoms with E-state index < -0.39 is 0 Å². The van der Waals surface area contributed by atoms with E-state index in [1.54, 1.807) is 22.9 Å². The van der Waals surface area contributed by atoms with Crippen LogP contribution in [0.1, 0.15) is 18.7 Å². The predicted molar refractivity (Wildman–Crippen MR) is 105 cm³/mol. The van der Waals surface area contributed by atoms with Gasteiger partial charge in [-0.25, -0.2) is 4.39 Å². The van der Waals surface area contributed by atoms with Crippen LogP contribution in [0.15, 0.2) is 36.9 Å². The molecule has 7 nitrogen and oxygen atoms in total. The van der Waals surface area contributed by atoms with Crippen LogP contribution < -0.4 is 15.0 Å². The summed E-state index contributed by atoms with van der Waals surface area (Å²) in [6.45, 7) is 5.28. The van der Waals surface area contributed by atoms with Gasteiger partial charge in [-0.3, -0.25) is 9.36 Å². The average molecular weight is 407 g/mol. The summed E-state index contributed by atoms with van der Waals surface area (Å²) in [7, 11) is 1.93. The van der Waals surface area contributed by atoms with Gasteiger partial charge in [0.2, 0.25) is 4.77 Å². The van der Waals surface area contributed by atoms with Crippen molar-refractivity contribution in [2.75, 3.05) is 13.6 Å². The lowest BCUT2D eigenvalue weighted by Crippen LogP contribution is -3.09. The zero-order valence-electron chi connectivity index (χ0n) is 15.9. The number of likely N-dealkylation sites (N-methyl/N-ethyl adjacent to an activating group) is 1. The molecule has 1 saturated carbocycles. The number of rotatable bonds is 10. The van der Waals surface area contributed by atoms with E-state index in [1.165, 1.54) is 12.1 Å². The minimum absolute atomic E-state index is 0.0388. The van der Waals surface area contributed by atoms with Crippen LogP contribution in [0.5, 0.6) is 5.75 Å². The average Bonchev–Trinajstić information content (AvgIpc) is 3.42. The molecule has 2 N–H and O–H groups in total. The molecule has 0 bridgehead atoms. The van der Waals surface area contributed by atoms with Crippen molar-refractivity contribution >= 4 is 18.1 Å². The van der Waals surface area contributed by atoms with E-state index in [1.807, 2.05) is 11.6 Å². The summed E-state index contributed by atoms with van der Waals surface area (Å²) in [5.74, 6) is 0.913. The Kier molecular flexibility index (Phi) is 6.58. The number of allylic oxidation sites excluding steroid dienone is 1. The first-order chi connectivity index (χ1) is 13.5. The first-order valence-corrected chi connectivity index (χ1v) is 9.63. The van der Waals surface area contributed by atoms with E-state index in [9.17, 15) is 9.18 Å². The Hall–Kier alpha value is -2.52. The second kappa shape index (κ2) is 9.11. The summed E-state index contributed by atoms with van der Waals surface area (Å²) < 4.78 is 22.8. The number of quaternary nitrogens is 1. The summed E-state index contributed by atoms with van der Waals surface area (Å²) >= 11 is 5.53. The van der Waals surface area contributed by atoms with Crippen LogP contribution in [0, 0.1) is 10.6 Å². The maximum Gasteiger partial charge on any atom is 0.275 e. The molecule has 1 heterocycles. The number of benzene rings is 1. The molecule has 1 aliphatic rings. The molecule has 1 aromatic carbocycles. The largest absolute Gasteiger partial charge is 0.486 e. The van der Waals surface area contributed by atoms with Gasteiger partial charge in [-0.15, -0.1) is 11.7 Å². The van der Waals surface area contributed by atoms with Crippen molar-refractivity contribution in [2.45, 2.75) is 38.7 Å². The molecule has 1 aromatic heterocycles. The molecular weight excluding hydrogens is 381 g/mol. The highest BCUT2D eigenvalue weighted by atomic mass is 32.1. The number of halogens is 1. The maximum atomic E-state index is 13.0. The highest BCUT2D eigenvalue weighted by molar-refractivity contribution is 7.71. The Morgan fingerprint density at radius 3 is 2.82 bits per heavy atom. The fourth-order valence-electron chi connectivity index (χ4n) is 2.78. The lowest BCUT2D eigenvalue weighted by Gasteiger charge is -2.13. The third kappa shape index (κ3) is 5.49. The minimum Gasteiger partial charge on any atom is -0.486 e. The van der Waals surface area contributed by atoms with Gasteiger partial charge in [-0.05, 0) is 49.3 Å². The monoisotopic (exact) mass is 406 g/mol. The third-order valence-electron chi connectivity index (χ3n) is 4.32. The van der Waals surface area contributed by atoms with Gasteiger partial charge in [0.05, 0.1) is 7.05 Å². The number of nitrogens with one attached hydrogen (secondary N) is 2. The second-order valence-electron chi connectivity index (χ2n) is 6.97. The molecular formula is C19H25FN5O2S+. The molecule has 150 valence electrons. The number of amides is 1. The summed E-state index contributed by atoms with van der Waals surface area (Å²) in [5.41, 5.74) is 0. The van der Waals surface area contributed by atoms with Crippen LogP contribution in [0.3, 0.4) is 0 Å². The maximum absolute atomic E-state index is 13.0. The molecule has 9 heteroatoms. The molecule has 1 fully saturated rings. The molecule has 2 aromatic rings. The molecule has 0 saturated heterocycles. The van der Waals surface area contributed by atoms with Crippen molar-refractivity contribution in [3.8, 4) is 5.75 Å². The normalized spacial score (nSPS) is 14.5. The fraction of sp³-hybridized carbons (Fsp3) is 0.421. The lowest BCUT2D eigenvalue weighted by molar-refractivity contribution is -0.895. The Morgan fingerprint density at radius 1 is 1.46 bits per heavy atom. The van der Waals surface area contributed by atoms with Gasteiger partial charge < -0.3 is 15.0 Å². The topological polar surface area (TPSA) is 65.5 Å². The summed E-state index contributed by atoms with van der Waals surface area (Å²) in [5, 5.41) is 7.54. The van der Waals surface area contributed by atoms with E-state index in [0.717, 1.165) is 17.7 Å². The van der Waals surface area contributed by atoms with Crippen LogP contribution in [-0.2, 0) is 24.6 Å². The number of hydrogen-bond acceptors (Lipinski definition) is 4. The van der Waals surface area contributed by atoms with E-state index >= 15 is 0 Å². The van der Waals surface area contributed by atoms with Crippen molar-refractivity contribution in [3.63, 3.8) is 0 Å². The fourth-order valence-corrected chi connectivity index (χ4v) is 3.06. The number of aromatic nitrogens is 3. The van der Waals surface area contributed by atoms with Crippen molar-refractivity contribution in [3.05, 3.63) is 53.3 Å². The molecule has 0 aliphatic heterocycles. The highest BCUT2D eigenvalue weighted by Gasteiger charge is 2.24. The number of hydrogen-bond donors (Lipinski definition) is 2. The van der Waals surface area contributed by atoms with E-state index in [-0.39, 0.29) is 18.3 Å². The molecule has 1 aliphatic carbocycles. The summed E-state index contributed by atoms with van der Waals surface area (Å²) in [4.78, 5) is 13.0. The molecule has 0 radical (unpaired) electrons. The molecule has 3 rings (SSSR count). The van der Waals surface area contributed by atoms with Crippen LogP contribution in [0.4, 0.5) is 4.39 Å². The predicted octanol–water partition coefficient (Wildman–Crippen LogP) is 1.07. The zero-order valence-corrected chi connectivity index (χ0v) is 16.7. The number of nitrogens with zero attached hydrogens (tertiary/aromatic N) is 3. The van der Waals surface area contributed by atoms with Crippen LogP contribution in [-0.4, -0.2) is 39.9 Å². The van der Waals surface area contributed by atoms with Crippen LogP contribution in [0.25, 0.3) is 0 Å². The minimum atomic E-state index is -0.317. The first-order valence-electron chi connectivity index (χ1n) is 9.22. The summed E-state index contributed by atoms with van der Waals surface area (Å²) in [6, 6.07) is 6.17. The van der Waals surface area contributed by atoms with Gasteiger partial charge in [0, 0.05) is 12.6 Å².